The van der Waals surface area contributed by atoms with Crippen molar-refractivity contribution in [1.82, 2.24) is 14.3 Å². The molecular formula is C35H32ClFN4O. The first kappa shape index (κ1) is 27.9. The molecule has 1 saturated carbocycles. The molecule has 0 amide bonds. The molecule has 1 unspecified atom stereocenters. The van der Waals surface area contributed by atoms with E-state index in [9.17, 15) is 4.79 Å². The van der Waals surface area contributed by atoms with Crippen molar-refractivity contribution in [2.45, 2.75) is 52.0 Å². The predicted molar refractivity (Wildman–Crippen MR) is 171 cm³/mol. The Kier molecular flexibility index (Phi) is 7.42. The highest BCUT2D eigenvalue weighted by Crippen LogP contribution is 2.42. The van der Waals surface area contributed by atoms with Crippen LogP contribution < -0.4 is 5.56 Å². The molecule has 1 aliphatic carbocycles. The molecular weight excluding hydrogens is 547 g/mol. The number of benzene rings is 3. The van der Waals surface area contributed by atoms with Crippen LogP contribution in [0.1, 0.15) is 68.8 Å². The molecule has 5 aromatic rings. The smallest absolute Gasteiger partial charge is 0.264 e. The third-order valence-corrected chi connectivity index (χ3v) is 8.53. The lowest BCUT2D eigenvalue weighted by Gasteiger charge is -2.26. The molecule has 6 rings (SSSR count). The van der Waals surface area contributed by atoms with Crippen molar-refractivity contribution in [3.05, 3.63) is 117 Å². The van der Waals surface area contributed by atoms with E-state index < -0.39 is 6.04 Å². The van der Waals surface area contributed by atoms with Crippen LogP contribution in [0.2, 0.25) is 5.02 Å². The monoisotopic (exact) mass is 578 g/mol. The summed E-state index contributed by atoms with van der Waals surface area (Å²) in [6.45, 7) is 9.96. The van der Waals surface area contributed by atoms with Gasteiger partial charge in [-0.3, -0.25) is 9.36 Å². The first-order chi connectivity index (χ1) is 20.3. The molecule has 0 saturated heterocycles. The first-order valence-electron chi connectivity index (χ1n) is 14.3. The number of fused-ring (bicyclic) bond motifs is 1. The average molecular weight is 579 g/mol. The molecule has 0 bridgehead atoms. The number of halogens is 2. The van der Waals surface area contributed by atoms with E-state index in [1.54, 1.807) is 22.9 Å². The minimum atomic E-state index is -0.439. The van der Waals surface area contributed by atoms with E-state index in [4.69, 9.17) is 21.7 Å². The molecule has 1 atom stereocenters. The van der Waals surface area contributed by atoms with Gasteiger partial charge in [-0.15, -0.1) is 0 Å². The van der Waals surface area contributed by atoms with Gasteiger partial charge in [0, 0.05) is 23.0 Å². The zero-order valence-corrected chi connectivity index (χ0v) is 24.7. The molecule has 5 nitrogen and oxygen atoms in total. The quantitative estimate of drug-likeness (QED) is 0.181. The fourth-order valence-electron chi connectivity index (χ4n) is 5.88. The third kappa shape index (κ3) is 4.70. The number of allylic oxidation sites excluding steroid dienone is 1. The minimum absolute atomic E-state index is 0.211. The van der Waals surface area contributed by atoms with Crippen LogP contribution in [-0.2, 0) is 0 Å². The summed E-state index contributed by atoms with van der Waals surface area (Å²) in [5.41, 5.74) is 4.75. The molecule has 3 aromatic carbocycles. The van der Waals surface area contributed by atoms with Gasteiger partial charge in [-0.2, -0.15) is 5.10 Å². The predicted octanol–water partition coefficient (Wildman–Crippen LogP) is 9.28. The van der Waals surface area contributed by atoms with Crippen LogP contribution in [0, 0.1) is 5.82 Å². The molecule has 0 aliphatic heterocycles. The van der Waals surface area contributed by atoms with Gasteiger partial charge in [-0.05, 0) is 86.4 Å². The topological polar surface area (TPSA) is 52.2 Å². The maximum atomic E-state index is 15.3. The third-order valence-electron chi connectivity index (χ3n) is 8.22. The maximum Gasteiger partial charge on any atom is 0.264 e. The zero-order chi connectivity index (χ0) is 29.5. The summed E-state index contributed by atoms with van der Waals surface area (Å²) in [7, 11) is 0. The Hall–Kier alpha value is -4.29. The molecule has 0 N–H and O–H groups in total. The molecule has 1 fully saturated rings. The summed E-state index contributed by atoms with van der Waals surface area (Å²) < 4.78 is 18.8. The summed E-state index contributed by atoms with van der Waals surface area (Å²) in [6, 6.07) is 21.9. The van der Waals surface area contributed by atoms with E-state index in [1.807, 2.05) is 86.1 Å². The van der Waals surface area contributed by atoms with E-state index in [-0.39, 0.29) is 17.3 Å². The van der Waals surface area contributed by atoms with E-state index in [0.29, 0.717) is 38.9 Å². The highest BCUT2D eigenvalue weighted by atomic mass is 35.5. The van der Waals surface area contributed by atoms with Gasteiger partial charge in [-0.25, -0.2) is 14.1 Å². The fourth-order valence-corrected chi connectivity index (χ4v) is 6.14. The van der Waals surface area contributed by atoms with Crippen LogP contribution in [0.15, 0.2) is 89.2 Å². The molecule has 0 radical (unpaired) electrons. The number of pyridine rings is 1. The van der Waals surface area contributed by atoms with Gasteiger partial charge in [0.1, 0.15) is 11.5 Å². The van der Waals surface area contributed by atoms with Gasteiger partial charge in [-0.1, -0.05) is 67.1 Å². The van der Waals surface area contributed by atoms with Crippen molar-refractivity contribution in [2.24, 2.45) is 4.99 Å². The number of nitrogens with zero attached hydrogens (tertiary/aromatic N) is 4. The second-order valence-electron chi connectivity index (χ2n) is 10.9. The van der Waals surface area contributed by atoms with Crippen LogP contribution in [0.5, 0.6) is 0 Å². The standard InChI is InChI=1S/C35H32ClFN4O/c1-5-38-34-31(21(2)3)33(25-17-18-27(29(37)19-25)23-11-9-12-23)39-41(34)22(4)30-20-24-13-10-16-28(36)32(24)35(42)40(30)26-14-7-6-8-15-26/h5-8,10,13-20,22-23H,2,9,11-12H2,1,3-4H3. The Bertz CT molecular complexity index is 1920. The van der Waals surface area contributed by atoms with Gasteiger partial charge in [0.2, 0.25) is 0 Å². The lowest BCUT2D eigenvalue weighted by Crippen LogP contribution is -2.26. The first-order valence-corrected chi connectivity index (χ1v) is 14.6. The zero-order valence-electron chi connectivity index (χ0n) is 23.9. The van der Waals surface area contributed by atoms with Crippen LogP contribution >= 0.6 is 11.6 Å². The molecule has 42 heavy (non-hydrogen) atoms. The molecule has 1 aliphatic rings. The normalized spacial score (nSPS) is 14.4. The number of para-hydroxylation sites is 1. The maximum absolute atomic E-state index is 15.3. The number of aromatic nitrogens is 3. The van der Waals surface area contributed by atoms with Gasteiger partial charge in [0.25, 0.3) is 5.56 Å². The van der Waals surface area contributed by atoms with Crippen LogP contribution in [0.3, 0.4) is 0 Å². The molecule has 2 heterocycles. The molecule has 7 heteroatoms. The Morgan fingerprint density at radius 3 is 2.52 bits per heavy atom. The minimum Gasteiger partial charge on any atom is -0.279 e. The largest absolute Gasteiger partial charge is 0.279 e. The van der Waals surface area contributed by atoms with E-state index in [0.717, 1.165) is 41.3 Å². The summed E-state index contributed by atoms with van der Waals surface area (Å²) >= 11 is 6.53. The molecule has 2 aromatic heterocycles. The van der Waals surface area contributed by atoms with Crippen LogP contribution in [0.4, 0.5) is 10.2 Å². The summed E-state index contributed by atoms with van der Waals surface area (Å²) in [6.07, 6.45) is 4.90. The van der Waals surface area contributed by atoms with Crippen molar-refractivity contribution in [3.63, 3.8) is 0 Å². The summed E-state index contributed by atoms with van der Waals surface area (Å²) in [5.74, 6) is 0.667. The lowest BCUT2D eigenvalue weighted by molar-refractivity contribution is 0.404. The van der Waals surface area contributed by atoms with Gasteiger partial charge in [0.15, 0.2) is 5.82 Å². The number of hydrogen-bond acceptors (Lipinski definition) is 3. The summed E-state index contributed by atoms with van der Waals surface area (Å²) in [5, 5.41) is 6.64. The Balaban J connectivity index is 1.59. The highest BCUT2D eigenvalue weighted by molar-refractivity contribution is 6.35. The Morgan fingerprint density at radius 2 is 1.88 bits per heavy atom. The van der Waals surface area contributed by atoms with Gasteiger partial charge >= 0.3 is 0 Å². The van der Waals surface area contributed by atoms with Crippen molar-refractivity contribution in [1.29, 1.82) is 0 Å². The van der Waals surface area contributed by atoms with Crippen molar-refractivity contribution >= 4 is 40.0 Å². The van der Waals surface area contributed by atoms with E-state index in [2.05, 4.69) is 6.58 Å². The molecule has 0 spiro atoms. The SMILES string of the molecule is C=C(C)c1c(-c2ccc(C3CCC3)c(F)c2)nn(C(C)c2cc3cccc(Cl)c3c(=O)n2-c2ccccc2)c1N=CC. The summed E-state index contributed by atoms with van der Waals surface area (Å²) in [4.78, 5) is 18.8. The van der Waals surface area contributed by atoms with Crippen LogP contribution in [-0.4, -0.2) is 20.6 Å². The van der Waals surface area contributed by atoms with Gasteiger partial charge in [0.05, 0.1) is 22.1 Å². The van der Waals surface area contributed by atoms with Crippen molar-refractivity contribution in [3.8, 4) is 16.9 Å². The lowest BCUT2D eigenvalue weighted by atomic mass is 9.79. The van der Waals surface area contributed by atoms with E-state index >= 15 is 4.39 Å². The molecule has 212 valence electrons. The van der Waals surface area contributed by atoms with Crippen LogP contribution in [0.25, 0.3) is 33.3 Å². The Morgan fingerprint density at radius 1 is 1.12 bits per heavy atom. The number of rotatable bonds is 7. The van der Waals surface area contributed by atoms with Gasteiger partial charge < -0.3 is 0 Å². The van der Waals surface area contributed by atoms with Crippen molar-refractivity contribution in [2.75, 3.05) is 0 Å². The second kappa shape index (κ2) is 11.2. The number of aliphatic imine (C=N–C) groups is 1. The number of hydrogen-bond donors (Lipinski definition) is 0. The van der Waals surface area contributed by atoms with E-state index in [1.165, 1.54) is 0 Å². The highest BCUT2D eigenvalue weighted by Gasteiger charge is 2.28. The van der Waals surface area contributed by atoms with Crippen molar-refractivity contribution < 1.29 is 4.39 Å². The Labute approximate surface area is 249 Å². The average Bonchev–Trinajstić information content (AvgIpc) is 3.33. The fraction of sp³-hybridized carbons (Fsp3) is 0.229. The second-order valence-corrected chi connectivity index (χ2v) is 11.4.